The van der Waals surface area contributed by atoms with Crippen molar-refractivity contribution >= 4 is 45.0 Å². The molecule has 47 heavy (non-hydrogen) atoms. The van der Waals surface area contributed by atoms with E-state index in [-0.39, 0.29) is 83.8 Å². The summed E-state index contributed by atoms with van der Waals surface area (Å²) in [6, 6.07) is 9.11. The molecule has 6 rings (SSSR count). The summed E-state index contributed by atoms with van der Waals surface area (Å²) >= 11 is 6.36. The van der Waals surface area contributed by atoms with Crippen LogP contribution in [0.4, 0.5) is 19.0 Å². The Labute approximate surface area is 274 Å². The van der Waals surface area contributed by atoms with Crippen LogP contribution in [0, 0.1) is 23.0 Å². The van der Waals surface area contributed by atoms with E-state index in [9.17, 15) is 18.8 Å². The van der Waals surface area contributed by atoms with Crippen LogP contribution in [0.25, 0.3) is 32.9 Å². The third-order valence-corrected chi connectivity index (χ3v) is 9.19. The van der Waals surface area contributed by atoms with Crippen molar-refractivity contribution in [3.63, 3.8) is 0 Å². The van der Waals surface area contributed by atoms with Crippen molar-refractivity contribution in [1.82, 2.24) is 24.8 Å². The molecule has 2 aromatic carbocycles. The van der Waals surface area contributed by atoms with Gasteiger partial charge in [0, 0.05) is 56.5 Å². The number of nitriles is 1. The van der Waals surface area contributed by atoms with Crippen molar-refractivity contribution in [2.24, 2.45) is 0 Å². The summed E-state index contributed by atoms with van der Waals surface area (Å²) in [5.74, 6) is -3.18. The lowest BCUT2D eigenvalue weighted by atomic mass is 10.0. The summed E-state index contributed by atoms with van der Waals surface area (Å²) in [5.41, 5.74) is 0.0883. The number of amides is 1. The van der Waals surface area contributed by atoms with Crippen molar-refractivity contribution in [1.29, 1.82) is 5.26 Å². The summed E-state index contributed by atoms with van der Waals surface area (Å²) < 4.78 is 56.6. The van der Waals surface area contributed by atoms with Crippen molar-refractivity contribution in [2.75, 3.05) is 51.8 Å². The number of hydrogen-bond acceptors (Lipinski definition) is 9. The minimum Gasteiger partial charge on any atom is -0.462 e. The number of carbonyl (C=O) groups excluding carboxylic acids is 1. The minimum atomic E-state index is -1.12. The number of likely N-dealkylation sites (tertiary alicyclic amines) is 1. The number of fused-ring (bicyclic) bond motifs is 2. The van der Waals surface area contributed by atoms with Gasteiger partial charge in [-0.2, -0.15) is 15.2 Å². The molecule has 2 aliphatic heterocycles. The van der Waals surface area contributed by atoms with Gasteiger partial charge in [0.25, 0.3) is 5.91 Å². The van der Waals surface area contributed by atoms with Crippen molar-refractivity contribution < 1.29 is 27.4 Å². The topological polar surface area (TPSA) is 108 Å². The van der Waals surface area contributed by atoms with Gasteiger partial charge in [-0.05, 0) is 24.9 Å². The molecule has 2 saturated heterocycles. The molecular formula is C33H31ClF3N7O3. The number of benzene rings is 2. The van der Waals surface area contributed by atoms with Crippen LogP contribution in [0.15, 0.2) is 48.9 Å². The smallest absolute Gasteiger partial charge is 0.319 e. The Hall–Kier alpha value is -4.51. The first kappa shape index (κ1) is 32.4. The average molecular weight is 666 g/mol. The van der Waals surface area contributed by atoms with Crippen molar-refractivity contribution in [3.05, 3.63) is 65.6 Å². The highest BCUT2D eigenvalue weighted by atomic mass is 35.5. The third-order valence-electron chi connectivity index (χ3n) is 8.82. The molecule has 4 aromatic rings. The number of aromatic nitrogens is 3. The number of nitrogens with zero attached hydrogens (tertiary/aromatic N) is 7. The zero-order valence-corrected chi connectivity index (χ0v) is 26.5. The molecule has 10 nitrogen and oxygen atoms in total. The van der Waals surface area contributed by atoms with Gasteiger partial charge in [0.15, 0.2) is 11.6 Å². The maximum Gasteiger partial charge on any atom is 0.319 e. The highest BCUT2D eigenvalue weighted by Crippen LogP contribution is 2.38. The fourth-order valence-electron chi connectivity index (χ4n) is 6.34. The van der Waals surface area contributed by atoms with Crippen LogP contribution in [0.2, 0.25) is 5.02 Å². The molecule has 0 aliphatic carbocycles. The molecule has 3 atom stereocenters. The second kappa shape index (κ2) is 13.3. The number of methoxy groups -OCH3 is 1. The Morgan fingerprint density at radius 2 is 1.98 bits per heavy atom. The highest BCUT2D eigenvalue weighted by Gasteiger charge is 2.34. The van der Waals surface area contributed by atoms with Crippen LogP contribution >= 0.6 is 11.6 Å². The van der Waals surface area contributed by atoms with Gasteiger partial charge >= 0.3 is 6.01 Å². The van der Waals surface area contributed by atoms with E-state index in [2.05, 4.69) is 26.4 Å². The third kappa shape index (κ3) is 6.16. The largest absolute Gasteiger partial charge is 0.462 e. The van der Waals surface area contributed by atoms with Gasteiger partial charge in [-0.1, -0.05) is 42.4 Å². The zero-order chi connectivity index (χ0) is 33.4. The number of hydrogen-bond donors (Lipinski definition) is 0. The fourth-order valence-corrected chi connectivity index (χ4v) is 6.61. The van der Waals surface area contributed by atoms with E-state index in [4.69, 9.17) is 21.1 Å². The van der Waals surface area contributed by atoms with E-state index in [0.717, 1.165) is 13.0 Å². The number of likely N-dealkylation sites (N-methyl/N-ethyl adjacent to an activating group) is 1. The van der Waals surface area contributed by atoms with Gasteiger partial charge in [-0.15, -0.1) is 0 Å². The van der Waals surface area contributed by atoms with Gasteiger partial charge in [-0.3, -0.25) is 14.7 Å². The monoisotopic (exact) mass is 665 g/mol. The van der Waals surface area contributed by atoms with E-state index < -0.39 is 29.4 Å². The van der Waals surface area contributed by atoms with E-state index in [1.807, 2.05) is 13.1 Å². The van der Waals surface area contributed by atoms with Crippen LogP contribution in [0.5, 0.6) is 6.01 Å². The summed E-state index contributed by atoms with van der Waals surface area (Å²) in [4.78, 5) is 31.2. The lowest BCUT2D eigenvalue weighted by Gasteiger charge is -2.41. The Kier molecular flexibility index (Phi) is 9.18. The number of pyridine rings is 1. The maximum atomic E-state index is 16.7. The van der Waals surface area contributed by atoms with Crippen LogP contribution in [0.3, 0.4) is 0 Å². The molecule has 1 amide bonds. The molecule has 244 valence electrons. The van der Waals surface area contributed by atoms with Gasteiger partial charge in [0.2, 0.25) is 0 Å². The van der Waals surface area contributed by atoms with Gasteiger partial charge < -0.3 is 19.3 Å². The molecule has 0 radical (unpaired) electrons. The van der Waals surface area contributed by atoms with Crippen molar-refractivity contribution in [3.8, 4) is 23.3 Å². The summed E-state index contributed by atoms with van der Waals surface area (Å²) in [7, 11) is 3.61. The first-order valence-corrected chi connectivity index (χ1v) is 15.4. The molecule has 2 aliphatic rings. The number of halogens is 4. The van der Waals surface area contributed by atoms with Gasteiger partial charge in [0.05, 0.1) is 35.0 Å². The molecule has 2 fully saturated rings. The minimum absolute atomic E-state index is 0.00312. The predicted octanol–water partition coefficient (Wildman–Crippen LogP) is 5.29. The number of carbonyl (C=O) groups is 1. The van der Waals surface area contributed by atoms with Crippen LogP contribution in [0.1, 0.15) is 12.8 Å². The Morgan fingerprint density at radius 3 is 2.70 bits per heavy atom. The Morgan fingerprint density at radius 1 is 1.17 bits per heavy atom. The lowest BCUT2D eigenvalue weighted by molar-refractivity contribution is -0.131. The molecule has 0 spiro atoms. The van der Waals surface area contributed by atoms with Gasteiger partial charge in [-0.25, -0.2) is 13.2 Å². The summed E-state index contributed by atoms with van der Waals surface area (Å²) in [5, 5.41) is 10.5. The molecule has 2 aromatic heterocycles. The predicted molar refractivity (Wildman–Crippen MR) is 171 cm³/mol. The molecule has 4 heterocycles. The molecule has 0 N–H and O–H groups in total. The Balaban J connectivity index is 1.45. The Bertz CT molecular complexity index is 1920. The number of piperazine rings is 1. The average Bonchev–Trinajstić information content (AvgIpc) is 3.44. The summed E-state index contributed by atoms with van der Waals surface area (Å²) in [6.45, 7) is 4.39. The number of anilines is 1. The molecule has 14 heteroatoms. The summed E-state index contributed by atoms with van der Waals surface area (Å²) in [6.07, 6.45) is 2.11. The van der Waals surface area contributed by atoms with Gasteiger partial charge in [0.1, 0.15) is 29.5 Å². The number of ether oxygens (including phenoxy) is 2. The van der Waals surface area contributed by atoms with E-state index in [1.54, 1.807) is 36.3 Å². The van der Waals surface area contributed by atoms with Crippen LogP contribution in [-0.2, 0) is 9.53 Å². The highest BCUT2D eigenvalue weighted by molar-refractivity contribution is 6.36. The second-order valence-corrected chi connectivity index (χ2v) is 12.0. The van der Waals surface area contributed by atoms with E-state index >= 15 is 4.39 Å². The quantitative estimate of drug-likeness (QED) is 0.232. The second-order valence-electron chi connectivity index (χ2n) is 11.6. The first-order chi connectivity index (χ1) is 22.6. The van der Waals surface area contributed by atoms with Crippen molar-refractivity contribution in [2.45, 2.75) is 31.0 Å². The zero-order valence-electron chi connectivity index (χ0n) is 25.7. The van der Waals surface area contributed by atoms with E-state index in [0.29, 0.717) is 10.8 Å². The molecule has 0 saturated carbocycles. The maximum absolute atomic E-state index is 16.7. The standard InChI is InChI=1S/C33H31ClF3N7O3/c1-18(35)32(45)44-12-11-43(15-20(44)9-10-38)31-24-14-39-29(23-6-4-5-19-7-8-25(36)27(34)26(19)23)28(37)30(24)40-33(41-31)47-17-21-13-22(46-3)16-42(21)2/h4-8,14,20-22H,1,9,11-13,15-17H2,2-3H3/t20-,21?,22+/m0/s1. The normalized spacial score (nSPS) is 20.1. The SMILES string of the molecule is C=C(F)C(=O)N1CCN(c2nc(OCC3C[C@@H](OC)CN3C)nc3c(F)c(-c4cccc5ccc(F)c(Cl)c45)ncc23)C[C@@H]1CC#N. The molecule has 1 unspecified atom stereocenters. The van der Waals surface area contributed by atoms with Crippen LogP contribution in [-0.4, -0.2) is 95.8 Å². The first-order valence-electron chi connectivity index (χ1n) is 15.0. The fraction of sp³-hybridized carbons (Fsp3) is 0.364. The molecular weight excluding hydrogens is 635 g/mol. The lowest BCUT2D eigenvalue weighted by Crippen LogP contribution is -2.55. The number of rotatable bonds is 8. The molecule has 0 bridgehead atoms. The van der Waals surface area contributed by atoms with E-state index in [1.165, 1.54) is 17.2 Å². The van der Waals surface area contributed by atoms with Crippen LogP contribution < -0.4 is 9.64 Å².